The van der Waals surface area contributed by atoms with Gasteiger partial charge in [0.05, 0.1) is 5.56 Å². The van der Waals surface area contributed by atoms with Crippen LogP contribution in [0.25, 0.3) is 0 Å². The molecule has 1 rings (SSSR count). The number of amides is 1. The van der Waals surface area contributed by atoms with Gasteiger partial charge in [-0.2, -0.15) is 0 Å². The minimum Gasteiger partial charge on any atom is -0.372 e. The van der Waals surface area contributed by atoms with E-state index >= 15 is 0 Å². The average Bonchev–Trinajstić information content (AvgIpc) is 2.35. The van der Waals surface area contributed by atoms with E-state index in [-0.39, 0.29) is 5.91 Å². The lowest BCUT2D eigenvalue weighted by Gasteiger charge is -2.12. The van der Waals surface area contributed by atoms with Crippen molar-refractivity contribution in [2.45, 2.75) is 20.3 Å². The average molecular weight is 300 g/mol. The Morgan fingerprint density at radius 3 is 2.88 bits per heavy atom. The van der Waals surface area contributed by atoms with E-state index in [4.69, 9.17) is 0 Å². The highest BCUT2D eigenvalue weighted by atomic mass is 79.9. The van der Waals surface area contributed by atoms with Gasteiger partial charge in [0.2, 0.25) is 0 Å². The van der Waals surface area contributed by atoms with Crippen molar-refractivity contribution in [3.63, 3.8) is 0 Å². The van der Waals surface area contributed by atoms with Gasteiger partial charge in [-0.1, -0.05) is 20.3 Å². The quantitative estimate of drug-likeness (QED) is 0.879. The van der Waals surface area contributed by atoms with E-state index < -0.39 is 0 Å². The number of pyridine rings is 1. The third-order valence-corrected chi connectivity index (χ3v) is 3.08. The highest BCUT2D eigenvalue weighted by Crippen LogP contribution is 2.17. The molecule has 1 heterocycles. The van der Waals surface area contributed by atoms with Crippen LogP contribution in [-0.2, 0) is 0 Å². The molecule has 5 heteroatoms. The summed E-state index contributed by atoms with van der Waals surface area (Å²) in [4.78, 5) is 16.1. The first-order valence-corrected chi connectivity index (χ1v) is 6.49. The second kappa shape index (κ2) is 6.59. The second-order valence-electron chi connectivity index (χ2n) is 4.02. The third kappa shape index (κ3) is 4.00. The summed E-state index contributed by atoms with van der Waals surface area (Å²) < 4.78 is 0.796. The number of anilines is 1. The zero-order valence-electron chi connectivity index (χ0n) is 10.4. The van der Waals surface area contributed by atoms with Crippen LogP contribution in [0.2, 0.25) is 0 Å². The smallest absolute Gasteiger partial charge is 0.255 e. The molecule has 1 aromatic rings. The Morgan fingerprint density at radius 1 is 1.59 bits per heavy atom. The van der Waals surface area contributed by atoms with Crippen LogP contribution in [0.15, 0.2) is 16.7 Å². The molecule has 94 valence electrons. The molecular formula is C12H18BrN3O. The van der Waals surface area contributed by atoms with Crippen molar-refractivity contribution in [1.29, 1.82) is 0 Å². The van der Waals surface area contributed by atoms with Crippen LogP contribution in [0.3, 0.4) is 0 Å². The largest absolute Gasteiger partial charge is 0.372 e. The van der Waals surface area contributed by atoms with E-state index in [0.29, 0.717) is 23.8 Å². The molecule has 0 aliphatic rings. The van der Waals surface area contributed by atoms with Gasteiger partial charge in [0.15, 0.2) is 0 Å². The van der Waals surface area contributed by atoms with Gasteiger partial charge in [-0.3, -0.25) is 4.79 Å². The van der Waals surface area contributed by atoms with Crippen LogP contribution in [-0.4, -0.2) is 24.5 Å². The Hall–Kier alpha value is -1.10. The van der Waals surface area contributed by atoms with Gasteiger partial charge in [0, 0.05) is 24.3 Å². The van der Waals surface area contributed by atoms with Gasteiger partial charge in [0.25, 0.3) is 5.91 Å². The van der Waals surface area contributed by atoms with E-state index in [1.165, 1.54) is 0 Å². The van der Waals surface area contributed by atoms with Gasteiger partial charge >= 0.3 is 0 Å². The molecule has 0 aliphatic heterocycles. The summed E-state index contributed by atoms with van der Waals surface area (Å²) in [7, 11) is 1.75. The standard InChI is InChI=1S/C12H18BrN3O/c1-4-8(2)6-16-12(17)10-5-9(13)7-15-11(10)14-3/h5,7-8H,4,6H2,1-3H3,(H,14,15)(H,16,17). The molecule has 0 aliphatic carbocycles. The van der Waals surface area contributed by atoms with Gasteiger partial charge < -0.3 is 10.6 Å². The molecule has 0 saturated carbocycles. The van der Waals surface area contributed by atoms with Crippen molar-refractivity contribution < 1.29 is 4.79 Å². The van der Waals surface area contributed by atoms with Crippen molar-refractivity contribution in [1.82, 2.24) is 10.3 Å². The maximum absolute atomic E-state index is 12.0. The molecule has 1 atom stereocenters. The second-order valence-corrected chi connectivity index (χ2v) is 4.94. The Morgan fingerprint density at radius 2 is 2.29 bits per heavy atom. The van der Waals surface area contributed by atoms with Gasteiger partial charge in [-0.15, -0.1) is 0 Å². The van der Waals surface area contributed by atoms with Gasteiger partial charge in [-0.05, 0) is 27.9 Å². The first-order chi connectivity index (χ1) is 8.08. The lowest BCUT2D eigenvalue weighted by Crippen LogP contribution is -2.28. The number of rotatable bonds is 5. The molecule has 17 heavy (non-hydrogen) atoms. The molecule has 0 saturated heterocycles. The van der Waals surface area contributed by atoms with Crippen molar-refractivity contribution in [3.8, 4) is 0 Å². The maximum atomic E-state index is 12.0. The number of aromatic nitrogens is 1. The van der Waals surface area contributed by atoms with E-state index in [1.807, 2.05) is 0 Å². The number of nitrogens with one attached hydrogen (secondary N) is 2. The molecule has 1 unspecified atom stereocenters. The lowest BCUT2D eigenvalue weighted by atomic mass is 10.1. The molecule has 4 nitrogen and oxygen atoms in total. The lowest BCUT2D eigenvalue weighted by molar-refractivity contribution is 0.0948. The Labute approximate surface area is 110 Å². The number of carbonyl (C=O) groups is 1. The highest BCUT2D eigenvalue weighted by molar-refractivity contribution is 9.10. The number of hydrogen-bond acceptors (Lipinski definition) is 3. The van der Waals surface area contributed by atoms with E-state index in [1.54, 1.807) is 19.3 Å². The minimum absolute atomic E-state index is 0.0940. The number of hydrogen-bond donors (Lipinski definition) is 2. The molecule has 2 N–H and O–H groups in total. The van der Waals surface area contributed by atoms with E-state index in [9.17, 15) is 4.79 Å². The zero-order chi connectivity index (χ0) is 12.8. The van der Waals surface area contributed by atoms with Gasteiger partial charge in [0.1, 0.15) is 5.82 Å². The van der Waals surface area contributed by atoms with Crippen LogP contribution in [0.4, 0.5) is 5.82 Å². The summed E-state index contributed by atoms with van der Waals surface area (Å²) in [5.41, 5.74) is 0.560. The van der Waals surface area contributed by atoms with Crippen LogP contribution in [0.5, 0.6) is 0 Å². The summed E-state index contributed by atoms with van der Waals surface area (Å²) in [6.45, 7) is 4.90. The van der Waals surface area contributed by atoms with Crippen LogP contribution in [0, 0.1) is 5.92 Å². The predicted octanol–water partition coefficient (Wildman–Crippen LogP) is 2.66. The monoisotopic (exact) mass is 299 g/mol. The maximum Gasteiger partial charge on any atom is 0.255 e. The van der Waals surface area contributed by atoms with Gasteiger partial charge in [-0.25, -0.2) is 4.98 Å². The fraction of sp³-hybridized carbons (Fsp3) is 0.500. The summed E-state index contributed by atoms with van der Waals surface area (Å²) in [6.07, 6.45) is 2.72. The summed E-state index contributed by atoms with van der Waals surface area (Å²) in [6, 6.07) is 1.77. The fourth-order valence-electron chi connectivity index (χ4n) is 1.32. The van der Waals surface area contributed by atoms with Crippen LogP contribution >= 0.6 is 15.9 Å². The van der Waals surface area contributed by atoms with Crippen LogP contribution in [0.1, 0.15) is 30.6 Å². The van der Waals surface area contributed by atoms with Crippen molar-refractivity contribution in [2.24, 2.45) is 5.92 Å². The molecule has 1 aromatic heterocycles. The minimum atomic E-state index is -0.0940. The molecule has 1 amide bonds. The SMILES string of the molecule is CCC(C)CNC(=O)c1cc(Br)cnc1NC. The summed E-state index contributed by atoms with van der Waals surface area (Å²) in [5, 5.41) is 5.82. The normalized spacial score (nSPS) is 12.0. The molecule has 0 fully saturated rings. The first kappa shape index (κ1) is 14.0. The topological polar surface area (TPSA) is 54.0 Å². The summed E-state index contributed by atoms with van der Waals surface area (Å²) >= 11 is 3.32. The molecular weight excluding hydrogens is 282 g/mol. The molecule has 0 aromatic carbocycles. The van der Waals surface area contributed by atoms with Crippen molar-refractivity contribution in [3.05, 3.63) is 22.3 Å². The number of carbonyl (C=O) groups excluding carboxylic acids is 1. The first-order valence-electron chi connectivity index (χ1n) is 5.70. The Bertz CT molecular complexity index is 395. The van der Waals surface area contributed by atoms with Crippen LogP contribution < -0.4 is 10.6 Å². The molecule has 0 spiro atoms. The highest BCUT2D eigenvalue weighted by Gasteiger charge is 2.12. The number of halogens is 1. The summed E-state index contributed by atoms with van der Waals surface area (Å²) in [5.74, 6) is 0.982. The van der Waals surface area contributed by atoms with Crippen molar-refractivity contribution >= 4 is 27.7 Å². The molecule has 0 radical (unpaired) electrons. The Balaban J connectivity index is 2.77. The van der Waals surface area contributed by atoms with Crippen molar-refractivity contribution in [2.75, 3.05) is 18.9 Å². The van der Waals surface area contributed by atoms with E-state index in [2.05, 4.69) is 45.4 Å². The predicted molar refractivity (Wildman–Crippen MR) is 73.3 cm³/mol. The third-order valence-electron chi connectivity index (χ3n) is 2.64. The molecule has 0 bridgehead atoms. The Kier molecular flexibility index (Phi) is 5.41. The zero-order valence-corrected chi connectivity index (χ0v) is 12.0. The van der Waals surface area contributed by atoms with E-state index in [0.717, 1.165) is 10.9 Å². The fourth-order valence-corrected chi connectivity index (χ4v) is 1.65. The number of nitrogens with zero attached hydrogens (tertiary/aromatic N) is 1.